The van der Waals surface area contributed by atoms with Crippen LogP contribution in [0.4, 0.5) is 0 Å². The van der Waals surface area contributed by atoms with Gasteiger partial charge in [0, 0.05) is 17.0 Å². The molecule has 3 aromatic rings. The Hall–Kier alpha value is -3.61. The molecule has 30 heavy (non-hydrogen) atoms. The quantitative estimate of drug-likeness (QED) is 0.681. The number of pyridine rings is 1. The number of ether oxygens (including phenoxy) is 2. The summed E-state index contributed by atoms with van der Waals surface area (Å²) in [5.74, 6) is 0.792. The molecular formula is C23H23N3O4. The fourth-order valence-corrected chi connectivity index (χ4v) is 3.34. The molecule has 154 valence electrons. The second-order valence-corrected chi connectivity index (χ2v) is 7.34. The van der Waals surface area contributed by atoms with Crippen LogP contribution in [0, 0.1) is 0 Å². The van der Waals surface area contributed by atoms with E-state index in [2.05, 4.69) is 10.6 Å². The zero-order chi connectivity index (χ0) is 21.1. The number of fused-ring (bicyclic) bond motifs is 2. The zero-order valence-corrected chi connectivity index (χ0v) is 16.9. The van der Waals surface area contributed by atoms with Gasteiger partial charge in [-0.15, -0.1) is 0 Å². The van der Waals surface area contributed by atoms with Gasteiger partial charge in [0.2, 0.25) is 5.91 Å². The topological polar surface area (TPSA) is 89.6 Å². The van der Waals surface area contributed by atoms with Crippen LogP contribution in [0.2, 0.25) is 0 Å². The maximum atomic E-state index is 12.9. The Bertz CT molecular complexity index is 1110. The number of carbonyl (C=O) groups excluding carboxylic acids is 2. The van der Waals surface area contributed by atoms with Gasteiger partial charge < -0.3 is 20.1 Å². The molecule has 0 fully saturated rings. The average molecular weight is 405 g/mol. The van der Waals surface area contributed by atoms with Crippen LogP contribution < -0.4 is 20.1 Å². The molecule has 0 unspecified atom stereocenters. The van der Waals surface area contributed by atoms with E-state index in [9.17, 15) is 9.59 Å². The van der Waals surface area contributed by atoms with Gasteiger partial charge in [0.1, 0.15) is 13.2 Å². The van der Waals surface area contributed by atoms with E-state index in [0.717, 1.165) is 10.9 Å². The molecular weight excluding hydrogens is 382 g/mol. The van der Waals surface area contributed by atoms with E-state index in [1.54, 1.807) is 6.07 Å². The van der Waals surface area contributed by atoms with Crippen molar-refractivity contribution in [1.29, 1.82) is 0 Å². The van der Waals surface area contributed by atoms with E-state index < -0.39 is 0 Å². The summed E-state index contributed by atoms with van der Waals surface area (Å²) in [6.07, 6.45) is 0. The van der Waals surface area contributed by atoms with Gasteiger partial charge in [0.25, 0.3) is 5.91 Å². The summed E-state index contributed by atoms with van der Waals surface area (Å²) < 4.78 is 11.3. The molecule has 0 spiro atoms. The SMILES string of the molecule is CC(C)NC(=O)CNC(=O)c1cc(-c2ccc3c(c2)OCCO3)nc2ccccc12. The van der Waals surface area contributed by atoms with Crippen LogP contribution in [0.1, 0.15) is 24.2 Å². The first-order chi connectivity index (χ1) is 14.5. The van der Waals surface area contributed by atoms with Crippen LogP contribution in [0.3, 0.4) is 0 Å². The number of nitrogens with one attached hydrogen (secondary N) is 2. The Morgan fingerprint density at radius 3 is 2.60 bits per heavy atom. The van der Waals surface area contributed by atoms with Crippen LogP contribution in [0.25, 0.3) is 22.2 Å². The van der Waals surface area contributed by atoms with E-state index in [1.807, 2.05) is 56.3 Å². The minimum atomic E-state index is -0.328. The van der Waals surface area contributed by atoms with Gasteiger partial charge >= 0.3 is 0 Å². The molecule has 0 atom stereocenters. The van der Waals surface area contributed by atoms with Gasteiger partial charge in [-0.05, 0) is 44.2 Å². The van der Waals surface area contributed by atoms with Crippen molar-refractivity contribution < 1.29 is 19.1 Å². The van der Waals surface area contributed by atoms with E-state index in [1.165, 1.54) is 0 Å². The molecule has 2 aromatic carbocycles. The number of para-hydroxylation sites is 1. The molecule has 1 aliphatic heterocycles. The number of amides is 2. The van der Waals surface area contributed by atoms with Crippen LogP contribution in [0.15, 0.2) is 48.5 Å². The van der Waals surface area contributed by atoms with Gasteiger partial charge in [0.05, 0.1) is 23.3 Å². The van der Waals surface area contributed by atoms with Gasteiger partial charge in [-0.3, -0.25) is 9.59 Å². The Morgan fingerprint density at radius 1 is 1.03 bits per heavy atom. The largest absolute Gasteiger partial charge is 0.486 e. The maximum Gasteiger partial charge on any atom is 0.252 e. The third-order valence-corrected chi connectivity index (χ3v) is 4.66. The molecule has 2 amide bonds. The number of nitrogens with zero attached hydrogens (tertiary/aromatic N) is 1. The minimum absolute atomic E-state index is 0.0120. The summed E-state index contributed by atoms with van der Waals surface area (Å²) in [6, 6.07) is 14.8. The van der Waals surface area contributed by atoms with Crippen molar-refractivity contribution in [3.8, 4) is 22.8 Å². The van der Waals surface area contributed by atoms with E-state index in [4.69, 9.17) is 14.5 Å². The Labute approximate surface area is 174 Å². The summed E-state index contributed by atoms with van der Waals surface area (Å²) in [5.41, 5.74) is 2.61. The van der Waals surface area contributed by atoms with Crippen molar-refractivity contribution in [3.05, 3.63) is 54.1 Å². The van der Waals surface area contributed by atoms with Crippen LogP contribution in [-0.2, 0) is 4.79 Å². The summed E-state index contributed by atoms with van der Waals surface area (Å²) in [4.78, 5) is 29.5. The highest BCUT2D eigenvalue weighted by Gasteiger charge is 2.17. The predicted octanol–water partition coefficient (Wildman–Crippen LogP) is 2.93. The standard InChI is InChI=1S/C23H23N3O4/c1-14(2)25-22(27)13-24-23(28)17-12-19(26-18-6-4-3-5-16(17)18)15-7-8-20-21(11-15)30-10-9-29-20/h3-8,11-12,14H,9-10,13H2,1-2H3,(H,24,28)(H,25,27). The third kappa shape index (κ3) is 4.20. The van der Waals surface area contributed by atoms with Crippen LogP contribution >= 0.6 is 0 Å². The first-order valence-corrected chi connectivity index (χ1v) is 9.88. The van der Waals surface area contributed by atoms with E-state index in [-0.39, 0.29) is 24.4 Å². The second-order valence-electron chi connectivity index (χ2n) is 7.34. The number of aromatic nitrogens is 1. The zero-order valence-electron chi connectivity index (χ0n) is 16.9. The fraction of sp³-hybridized carbons (Fsp3) is 0.261. The highest BCUT2D eigenvalue weighted by atomic mass is 16.6. The normalized spacial score (nSPS) is 12.6. The lowest BCUT2D eigenvalue weighted by Gasteiger charge is -2.19. The van der Waals surface area contributed by atoms with Crippen LogP contribution in [-0.4, -0.2) is 42.6 Å². The van der Waals surface area contributed by atoms with E-state index in [0.29, 0.717) is 41.5 Å². The van der Waals surface area contributed by atoms with Crippen molar-refractivity contribution in [2.45, 2.75) is 19.9 Å². The van der Waals surface area contributed by atoms with Gasteiger partial charge in [-0.1, -0.05) is 18.2 Å². The number of carbonyl (C=O) groups is 2. The molecule has 7 heteroatoms. The van der Waals surface area contributed by atoms with Crippen molar-refractivity contribution in [2.75, 3.05) is 19.8 Å². The monoisotopic (exact) mass is 405 g/mol. The molecule has 4 rings (SSSR count). The second kappa shape index (κ2) is 8.41. The highest BCUT2D eigenvalue weighted by Crippen LogP contribution is 2.35. The molecule has 2 N–H and O–H groups in total. The molecule has 2 heterocycles. The smallest absolute Gasteiger partial charge is 0.252 e. The Morgan fingerprint density at radius 2 is 1.80 bits per heavy atom. The highest BCUT2D eigenvalue weighted by molar-refractivity contribution is 6.08. The van der Waals surface area contributed by atoms with Gasteiger partial charge in [-0.2, -0.15) is 0 Å². The Balaban J connectivity index is 1.68. The lowest BCUT2D eigenvalue weighted by Crippen LogP contribution is -2.39. The molecule has 1 aliphatic rings. The first kappa shape index (κ1) is 19.7. The maximum absolute atomic E-state index is 12.9. The van der Waals surface area contributed by atoms with Crippen molar-refractivity contribution in [1.82, 2.24) is 15.6 Å². The van der Waals surface area contributed by atoms with Crippen molar-refractivity contribution in [3.63, 3.8) is 0 Å². The lowest BCUT2D eigenvalue weighted by atomic mass is 10.0. The summed E-state index contributed by atoms with van der Waals surface area (Å²) >= 11 is 0. The average Bonchev–Trinajstić information content (AvgIpc) is 2.76. The van der Waals surface area contributed by atoms with Crippen LogP contribution in [0.5, 0.6) is 11.5 Å². The Kier molecular flexibility index (Phi) is 5.52. The van der Waals surface area contributed by atoms with Gasteiger partial charge in [0.15, 0.2) is 11.5 Å². The van der Waals surface area contributed by atoms with Crippen molar-refractivity contribution >= 4 is 22.7 Å². The summed E-state index contributed by atoms with van der Waals surface area (Å²) in [7, 11) is 0. The molecule has 0 saturated carbocycles. The predicted molar refractivity (Wildman–Crippen MR) is 114 cm³/mol. The lowest BCUT2D eigenvalue weighted by molar-refractivity contribution is -0.120. The first-order valence-electron chi connectivity index (χ1n) is 9.88. The summed E-state index contributed by atoms with van der Waals surface area (Å²) in [6.45, 7) is 4.67. The molecule has 0 radical (unpaired) electrons. The molecule has 7 nitrogen and oxygen atoms in total. The summed E-state index contributed by atoms with van der Waals surface area (Å²) in [5, 5.41) is 6.19. The van der Waals surface area contributed by atoms with E-state index >= 15 is 0 Å². The molecule has 0 saturated heterocycles. The fourth-order valence-electron chi connectivity index (χ4n) is 3.34. The third-order valence-electron chi connectivity index (χ3n) is 4.66. The number of rotatable bonds is 5. The number of hydrogen-bond acceptors (Lipinski definition) is 5. The number of hydrogen-bond donors (Lipinski definition) is 2. The van der Waals surface area contributed by atoms with Gasteiger partial charge in [-0.25, -0.2) is 4.98 Å². The molecule has 0 aliphatic carbocycles. The molecule has 0 bridgehead atoms. The minimum Gasteiger partial charge on any atom is -0.486 e. The number of benzene rings is 2. The molecule has 1 aromatic heterocycles. The van der Waals surface area contributed by atoms with Crippen molar-refractivity contribution in [2.24, 2.45) is 0 Å².